The van der Waals surface area contributed by atoms with Gasteiger partial charge in [0.2, 0.25) is 6.29 Å². The Morgan fingerprint density at radius 3 is 2.22 bits per heavy atom. The fourth-order valence-corrected chi connectivity index (χ4v) is 1.04. The summed E-state index contributed by atoms with van der Waals surface area (Å²) in [5.74, 6) is 0.609. The van der Waals surface area contributed by atoms with Crippen LogP contribution in [0, 0.1) is 5.92 Å². The third-order valence-electron chi connectivity index (χ3n) is 1.75. The molecule has 9 heavy (non-hydrogen) atoms. The van der Waals surface area contributed by atoms with Gasteiger partial charge in [-0.25, -0.2) is 0 Å². The summed E-state index contributed by atoms with van der Waals surface area (Å²) < 4.78 is 0. The lowest BCUT2D eigenvalue weighted by Gasteiger charge is -2.15. The third-order valence-corrected chi connectivity index (χ3v) is 1.75. The number of likely N-dealkylation sites (N-methyl/N-ethyl adjacent to an activating group) is 1. The van der Waals surface area contributed by atoms with Crippen molar-refractivity contribution in [1.82, 2.24) is 4.90 Å². The quantitative estimate of drug-likeness (QED) is 0.546. The molecule has 2 heteroatoms. The van der Waals surface area contributed by atoms with E-state index in [1.54, 1.807) is 0 Å². The molecule has 0 saturated heterocycles. The molecular weight excluding hydrogens is 114 g/mol. The maximum atomic E-state index is 10.3. The fraction of sp³-hybridized carbons (Fsp3) is 0.857. The minimum Gasteiger partial charge on any atom is -0.299 e. The monoisotopic (exact) mass is 126 g/mol. The zero-order valence-electron chi connectivity index (χ0n) is 5.92. The lowest BCUT2D eigenvalue weighted by Crippen LogP contribution is -2.30. The summed E-state index contributed by atoms with van der Waals surface area (Å²) in [4.78, 5) is 12.2. The zero-order chi connectivity index (χ0) is 6.85. The first-order chi connectivity index (χ1) is 4.25. The predicted octanol–water partition coefficient (Wildman–Crippen LogP) is 0.436. The van der Waals surface area contributed by atoms with Gasteiger partial charge in [-0.1, -0.05) is 0 Å². The van der Waals surface area contributed by atoms with Gasteiger partial charge < -0.3 is 0 Å². The van der Waals surface area contributed by atoms with Gasteiger partial charge in [0.1, 0.15) is 0 Å². The molecule has 1 aliphatic carbocycles. The number of rotatable bonds is 3. The van der Waals surface area contributed by atoms with Gasteiger partial charge >= 0.3 is 0 Å². The van der Waals surface area contributed by atoms with E-state index in [1.165, 1.54) is 12.8 Å². The largest absolute Gasteiger partial charge is 0.299 e. The molecule has 0 aromatic heterocycles. The van der Waals surface area contributed by atoms with Crippen LogP contribution in [0.15, 0.2) is 0 Å². The van der Waals surface area contributed by atoms with Crippen LogP contribution in [0.1, 0.15) is 12.8 Å². The van der Waals surface area contributed by atoms with Crippen LogP contribution in [-0.4, -0.2) is 31.3 Å². The van der Waals surface area contributed by atoms with Crippen LogP contribution >= 0.6 is 0 Å². The van der Waals surface area contributed by atoms with Gasteiger partial charge in [-0.2, -0.15) is 0 Å². The molecule has 0 aromatic rings. The standard InChI is InChI=1S/C7H12NO/c1-8(2)7(5-9)6-3-4-6/h6-7H,3-4H2,1-2H3. The van der Waals surface area contributed by atoms with Crippen molar-refractivity contribution < 1.29 is 4.79 Å². The highest BCUT2D eigenvalue weighted by atomic mass is 16.1. The van der Waals surface area contributed by atoms with Gasteiger partial charge in [0, 0.05) is 0 Å². The predicted molar refractivity (Wildman–Crippen MR) is 35.9 cm³/mol. The Labute approximate surface area is 55.8 Å². The van der Waals surface area contributed by atoms with E-state index in [0.29, 0.717) is 5.92 Å². The molecule has 1 unspecified atom stereocenters. The van der Waals surface area contributed by atoms with Crippen molar-refractivity contribution in [3.05, 3.63) is 0 Å². The Kier molecular flexibility index (Phi) is 1.86. The van der Waals surface area contributed by atoms with Crippen LogP contribution in [-0.2, 0) is 4.79 Å². The van der Waals surface area contributed by atoms with Gasteiger partial charge in [-0.15, -0.1) is 0 Å². The van der Waals surface area contributed by atoms with E-state index >= 15 is 0 Å². The van der Waals surface area contributed by atoms with Crippen molar-refractivity contribution in [3.8, 4) is 0 Å². The average molecular weight is 126 g/mol. The topological polar surface area (TPSA) is 20.3 Å². The van der Waals surface area contributed by atoms with E-state index in [0.717, 1.165) is 0 Å². The Morgan fingerprint density at radius 1 is 1.56 bits per heavy atom. The van der Waals surface area contributed by atoms with Crippen molar-refractivity contribution >= 4 is 6.29 Å². The lowest BCUT2D eigenvalue weighted by molar-refractivity contribution is 0.321. The van der Waals surface area contributed by atoms with E-state index in [9.17, 15) is 4.79 Å². The van der Waals surface area contributed by atoms with Crippen LogP contribution in [0.5, 0.6) is 0 Å². The second-order valence-electron chi connectivity index (χ2n) is 2.86. The summed E-state index contributed by atoms with van der Waals surface area (Å²) in [6.45, 7) is 0. The first kappa shape index (κ1) is 6.75. The molecule has 1 radical (unpaired) electrons. The van der Waals surface area contributed by atoms with Crippen LogP contribution in [0.3, 0.4) is 0 Å². The highest BCUT2D eigenvalue weighted by molar-refractivity contribution is 5.59. The summed E-state index contributed by atoms with van der Waals surface area (Å²) in [6, 6.07) is 0.0602. The second-order valence-corrected chi connectivity index (χ2v) is 2.86. The van der Waals surface area contributed by atoms with Crippen molar-refractivity contribution in [2.24, 2.45) is 5.92 Å². The molecule has 0 N–H and O–H groups in total. The van der Waals surface area contributed by atoms with Crippen LogP contribution in [0.2, 0.25) is 0 Å². The van der Waals surface area contributed by atoms with Crippen molar-refractivity contribution in [2.75, 3.05) is 14.1 Å². The maximum Gasteiger partial charge on any atom is 0.217 e. The van der Waals surface area contributed by atoms with E-state index in [4.69, 9.17) is 0 Å². The van der Waals surface area contributed by atoms with Crippen LogP contribution in [0.25, 0.3) is 0 Å². The molecule has 1 saturated carbocycles. The Morgan fingerprint density at radius 2 is 2.11 bits per heavy atom. The van der Waals surface area contributed by atoms with Crippen molar-refractivity contribution in [1.29, 1.82) is 0 Å². The molecule has 2 nitrogen and oxygen atoms in total. The number of hydrogen-bond donors (Lipinski definition) is 0. The summed E-state index contributed by atoms with van der Waals surface area (Å²) in [7, 11) is 3.85. The van der Waals surface area contributed by atoms with E-state index in [1.807, 2.05) is 25.3 Å². The van der Waals surface area contributed by atoms with Gasteiger partial charge in [-0.3, -0.25) is 9.69 Å². The molecule has 0 amide bonds. The number of nitrogens with zero attached hydrogens (tertiary/aromatic N) is 1. The van der Waals surface area contributed by atoms with Gasteiger partial charge in [-0.05, 0) is 32.9 Å². The molecule has 1 fully saturated rings. The summed E-state index contributed by atoms with van der Waals surface area (Å²) in [5.41, 5.74) is 0. The summed E-state index contributed by atoms with van der Waals surface area (Å²) >= 11 is 0. The highest BCUT2D eigenvalue weighted by Gasteiger charge is 2.32. The minimum atomic E-state index is 0.0602. The Bertz CT molecular complexity index is 105. The van der Waals surface area contributed by atoms with Gasteiger partial charge in [0.15, 0.2) is 0 Å². The average Bonchev–Trinajstić information content (AvgIpc) is 2.50. The highest BCUT2D eigenvalue weighted by Crippen LogP contribution is 2.33. The molecule has 1 rings (SSSR count). The first-order valence-corrected chi connectivity index (χ1v) is 3.30. The van der Waals surface area contributed by atoms with Gasteiger partial charge in [0.25, 0.3) is 0 Å². The summed E-state index contributed by atoms with van der Waals surface area (Å²) in [5, 5.41) is 0. The molecule has 1 atom stereocenters. The van der Waals surface area contributed by atoms with Crippen LogP contribution in [0.4, 0.5) is 0 Å². The van der Waals surface area contributed by atoms with E-state index in [2.05, 4.69) is 0 Å². The molecule has 0 heterocycles. The molecular formula is C7H12NO. The number of hydrogen-bond acceptors (Lipinski definition) is 2. The van der Waals surface area contributed by atoms with Crippen LogP contribution < -0.4 is 0 Å². The molecule has 0 aromatic carbocycles. The van der Waals surface area contributed by atoms with E-state index < -0.39 is 0 Å². The summed E-state index contributed by atoms with van der Waals surface area (Å²) in [6.07, 6.45) is 4.45. The molecule has 0 aliphatic heterocycles. The normalized spacial score (nSPS) is 22.1. The maximum absolute atomic E-state index is 10.3. The first-order valence-electron chi connectivity index (χ1n) is 3.30. The smallest absolute Gasteiger partial charge is 0.217 e. The number of carbonyl (C=O) groups excluding carboxylic acids is 1. The molecule has 51 valence electrons. The molecule has 0 bridgehead atoms. The Balaban J connectivity index is 2.37. The van der Waals surface area contributed by atoms with Crippen molar-refractivity contribution in [3.63, 3.8) is 0 Å². The SMILES string of the molecule is CN(C)C([C]=O)C1CC1. The fourth-order valence-electron chi connectivity index (χ4n) is 1.04. The lowest BCUT2D eigenvalue weighted by atomic mass is 10.2. The van der Waals surface area contributed by atoms with E-state index in [-0.39, 0.29) is 6.04 Å². The second kappa shape index (κ2) is 2.48. The zero-order valence-corrected chi connectivity index (χ0v) is 5.92. The Hall–Kier alpha value is -0.370. The molecule has 0 spiro atoms. The molecule has 1 aliphatic rings. The van der Waals surface area contributed by atoms with Gasteiger partial charge in [0.05, 0.1) is 6.04 Å². The van der Waals surface area contributed by atoms with Crippen molar-refractivity contribution in [2.45, 2.75) is 18.9 Å². The third kappa shape index (κ3) is 1.52. The minimum absolute atomic E-state index is 0.0602.